The van der Waals surface area contributed by atoms with Crippen molar-refractivity contribution in [3.8, 4) is 0 Å². The zero-order valence-corrected chi connectivity index (χ0v) is 18.4. The predicted octanol–water partition coefficient (Wildman–Crippen LogP) is -3.38. The number of benzene rings is 2. The van der Waals surface area contributed by atoms with Crippen LogP contribution in [-0.2, 0) is 20.4 Å². The molecular weight excluding hydrogens is 406 g/mol. The van der Waals surface area contributed by atoms with Gasteiger partial charge in [0.25, 0.3) is 0 Å². The first kappa shape index (κ1) is 24.5. The molecule has 0 N–H and O–H groups in total. The van der Waals surface area contributed by atoms with E-state index in [2.05, 4.69) is 102 Å². The van der Waals surface area contributed by atoms with Crippen LogP contribution in [0.1, 0.15) is 37.8 Å². The minimum atomic E-state index is 0. The molecule has 1 aliphatic carbocycles. The molecule has 1 atom stereocenters. The van der Waals surface area contributed by atoms with Gasteiger partial charge in [0, 0.05) is 0 Å². The van der Waals surface area contributed by atoms with Gasteiger partial charge in [-0.1, -0.05) is 0 Å². The molecule has 25 heavy (non-hydrogen) atoms. The molecule has 0 radical (unpaired) electrons. The second-order valence-electron chi connectivity index (χ2n) is 6.12. The standard InChI is InChI=1S/C21H21.3ClH.Ti/c1-15-14-20(17(3)16(15)2)21(18-10-6-4-7-11-18)19-12-8-5-9-13-19;;;;/h4-13,20-21H,1-3H3;3*1H;/q;;;;+3/p-3. The third-order valence-electron chi connectivity index (χ3n) is 4.99. The Bertz CT molecular complexity index is 673. The first-order chi connectivity index (χ1) is 10.6. The van der Waals surface area contributed by atoms with E-state index in [0.29, 0.717) is 11.8 Å². The molecule has 0 amide bonds. The van der Waals surface area contributed by atoms with Crippen molar-refractivity contribution in [3.63, 3.8) is 0 Å². The van der Waals surface area contributed by atoms with E-state index < -0.39 is 0 Å². The summed E-state index contributed by atoms with van der Waals surface area (Å²) in [4.78, 5) is 0. The summed E-state index contributed by atoms with van der Waals surface area (Å²) in [6.07, 6.45) is 0. The first-order valence-corrected chi connectivity index (χ1v) is 8.59. The fourth-order valence-corrected chi connectivity index (χ4v) is 4.39. The summed E-state index contributed by atoms with van der Waals surface area (Å²) in [6.45, 7) is 6.83. The van der Waals surface area contributed by atoms with E-state index in [9.17, 15) is 0 Å². The molecule has 0 aromatic heterocycles. The summed E-state index contributed by atoms with van der Waals surface area (Å²) < 4.78 is 1.52. The van der Waals surface area contributed by atoms with Crippen molar-refractivity contribution in [2.75, 3.05) is 0 Å². The van der Waals surface area contributed by atoms with Crippen molar-refractivity contribution in [1.82, 2.24) is 0 Å². The van der Waals surface area contributed by atoms with Gasteiger partial charge in [0.05, 0.1) is 0 Å². The van der Waals surface area contributed by atoms with Crippen LogP contribution in [0, 0.1) is 5.92 Å². The molecule has 3 rings (SSSR count). The molecular formula is C21H21Cl3Ti. The quantitative estimate of drug-likeness (QED) is 0.449. The number of hydrogen-bond acceptors (Lipinski definition) is 0. The van der Waals surface area contributed by atoms with Gasteiger partial charge < -0.3 is 37.2 Å². The molecule has 1 aliphatic rings. The van der Waals surface area contributed by atoms with Crippen molar-refractivity contribution in [2.24, 2.45) is 5.92 Å². The summed E-state index contributed by atoms with van der Waals surface area (Å²) in [5.41, 5.74) is 7.27. The SMILES string of the molecule is CC1=C(C)C(C(c2ccccc2)c2ccccc2)[C]([Ti+3])=C1C.[Cl-].[Cl-].[Cl-]. The summed E-state index contributed by atoms with van der Waals surface area (Å²) in [5, 5.41) is 0. The average molecular weight is 428 g/mol. The van der Waals surface area contributed by atoms with E-state index >= 15 is 0 Å². The van der Waals surface area contributed by atoms with Crippen LogP contribution in [-0.4, -0.2) is 0 Å². The van der Waals surface area contributed by atoms with Crippen molar-refractivity contribution in [2.45, 2.75) is 26.7 Å². The predicted molar refractivity (Wildman–Crippen MR) is 89.3 cm³/mol. The first-order valence-electron chi connectivity index (χ1n) is 7.81. The van der Waals surface area contributed by atoms with E-state index in [1.807, 2.05) is 0 Å². The van der Waals surface area contributed by atoms with Gasteiger partial charge >= 0.3 is 145 Å². The Morgan fingerprint density at radius 3 is 1.40 bits per heavy atom. The second kappa shape index (κ2) is 10.6. The van der Waals surface area contributed by atoms with Crippen LogP contribution in [0.15, 0.2) is 81.3 Å². The Kier molecular flexibility index (Phi) is 10.4. The largest absolute Gasteiger partial charge is 1.00 e. The molecule has 0 aliphatic heterocycles. The van der Waals surface area contributed by atoms with Crippen LogP contribution in [0.2, 0.25) is 0 Å². The van der Waals surface area contributed by atoms with Crippen LogP contribution in [0.5, 0.6) is 0 Å². The van der Waals surface area contributed by atoms with E-state index in [0.717, 1.165) is 0 Å². The molecule has 4 heteroatoms. The fraction of sp³-hybridized carbons (Fsp3) is 0.238. The third kappa shape index (κ3) is 4.82. The van der Waals surface area contributed by atoms with Crippen LogP contribution in [0.25, 0.3) is 0 Å². The van der Waals surface area contributed by atoms with E-state index in [4.69, 9.17) is 0 Å². The number of hydrogen-bond donors (Lipinski definition) is 0. The fourth-order valence-electron chi connectivity index (χ4n) is 3.50. The monoisotopic (exact) mass is 426 g/mol. The van der Waals surface area contributed by atoms with E-state index in [1.54, 1.807) is 0 Å². The van der Waals surface area contributed by atoms with E-state index in [-0.39, 0.29) is 37.2 Å². The molecule has 1 unspecified atom stereocenters. The maximum absolute atomic E-state index is 2.30. The third-order valence-corrected chi connectivity index (χ3v) is 6.06. The number of allylic oxidation sites excluding steroid dienone is 4. The Labute approximate surface area is 181 Å². The molecule has 0 bridgehead atoms. The Morgan fingerprint density at radius 2 is 1.08 bits per heavy atom. The average Bonchev–Trinajstić information content (AvgIpc) is 2.75. The van der Waals surface area contributed by atoms with Crippen LogP contribution in [0.4, 0.5) is 0 Å². The summed E-state index contributed by atoms with van der Waals surface area (Å²) in [7, 11) is 0. The number of rotatable bonds is 3. The van der Waals surface area contributed by atoms with Crippen molar-refractivity contribution in [1.29, 1.82) is 0 Å². The molecule has 130 valence electrons. The molecule has 2 aromatic carbocycles. The summed E-state index contributed by atoms with van der Waals surface area (Å²) in [5.74, 6) is 0.875. The maximum atomic E-state index is 2.30. The zero-order chi connectivity index (χ0) is 15.7. The van der Waals surface area contributed by atoms with Gasteiger partial charge in [-0.05, 0) is 0 Å². The molecule has 0 fully saturated rings. The molecule has 0 saturated heterocycles. The maximum Gasteiger partial charge on any atom is -1.00 e. The minimum absolute atomic E-state index is 0. The normalized spacial score (nSPS) is 16.3. The zero-order valence-electron chi connectivity index (χ0n) is 14.6. The van der Waals surface area contributed by atoms with Crippen molar-refractivity contribution in [3.05, 3.63) is 92.4 Å². The van der Waals surface area contributed by atoms with Crippen LogP contribution in [0.3, 0.4) is 0 Å². The number of halogens is 3. The Morgan fingerprint density at radius 1 is 0.680 bits per heavy atom. The second-order valence-corrected chi connectivity index (χ2v) is 6.96. The Hall–Kier alpha value is -0.496. The molecule has 0 saturated carbocycles. The van der Waals surface area contributed by atoms with Gasteiger partial charge in [-0.25, -0.2) is 0 Å². The summed E-state index contributed by atoms with van der Waals surface area (Å²) >= 11 is 2.30. The smallest absolute Gasteiger partial charge is 1.00 e. The van der Waals surface area contributed by atoms with Crippen LogP contribution < -0.4 is 37.2 Å². The van der Waals surface area contributed by atoms with Crippen LogP contribution >= 0.6 is 0 Å². The minimum Gasteiger partial charge on any atom is -1.00 e. The van der Waals surface area contributed by atoms with Gasteiger partial charge in [0.15, 0.2) is 0 Å². The van der Waals surface area contributed by atoms with Gasteiger partial charge in [0.1, 0.15) is 0 Å². The Balaban J connectivity index is 0.00000192. The summed E-state index contributed by atoms with van der Waals surface area (Å²) in [6, 6.07) is 21.9. The van der Waals surface area contributed by atoms with E-state index in [1.165, 1.54) is 31.7 Å². The topological polar surface area (TPSA) is 0 Å². The molecule has 0 spiro atoms. The van der Waals surface area contributed by atoms with Gasteiger partial charge in [-0.3, -0.25) is 0 Å². The van der Waals surface area contributed by atoms with Gasteiger partial charge in [-0.2, -0.15) is 0 Å². The molecule has 0 nitrogen and oxygen atoms in total. The van der Waals surface area contributed by atoms with Gasteiger partial charge in [0.2, 0.25) is 0 Å². The molecule has 0 heterocycles. The molecule has 2 aromatic rings. The van der Waals surface area contributed by atoms with Gasteiger partial charge in [-0.15, -0.1) is 0 Å². The van der Waals surface area contributed by atoms with Crippen molar-refractivity contribution < 1.29 is 57.7 Å². The van der Waals surface area contributed by atoms with Crippen molar-refractivity contribution >= 4 is 0 Å².